The van der Waals surface area contributed by atoms with Gasteiger partial charge in [0.1, 0.15) is 11.2 Å². The number of benzene rings is 9. The van der Waals surface area contributed by atoms with Crippen molar-refractivity contribution >= 4 is 119 Å². The van der Waals surface area contributed by atoms with Crippen LogP contribution in [0.3, 0.4) is 0 Å². The molecule has 0 radical (unpaired) electrons. The minimum Gasteiger partial charge on any atom is -0.456 e. The van der Waals surface area contributed by atoms with Crippen molar-refractivity contribution in [2.24, 2.45) is 0 Å². The lowest BCUT2D eigenvalue weighted by molar-refractivity contribution is 0.669. The molecule has 0 saturated carbocycles. The van der Waals surface area contributed by atoms with E-state index >= 15 is 0 Å². The van der Waals surface area contributed by atoms with Crippen molar-refractivity contribution in [2.75, 3.05) is 4.90 Å². The molecule has 56 heavy (non-hydrogen) atoms. The molecule has 0 saturated heterocycles. The molecule has 13 aromatic rings. The first-order chi connectivity index (χ1) is 27.8. The third-order valence-corrected chi connectivity index (χ3v) is 13.0. The van der Waals surface area contributed by atoms with Gasteiger partial charge >= 0.3 is 0 Å². The van der Waals surface area contributed by atoms with Crippen LogP contribution in [0.5, 0.6) is 0 Å². The number of thiophene rings is 1. The summed E-state index contributed by atoms with van der Waals surface area (Å²) in [6.07, 6.45) is 0. The Hall–Kier alpha value is -7.14. The van der Waals surface area contributed by atoms with Crippen LogP contribution < -0.4 is 4.90 Å². The molecule has 13 rings (SSSR count). The Labute approximate surface area is 324 Å². The van der Waals surface area contributed by atoms with Crippen LogP contribution in [0.2, 0.25) is 0 Å². The van der Waals surface area contributed by atoms with Gasteiger partial charge in [0.25, 0.3) is 0 Å². The number of furan rings is 1. The van der Waals surface area contributed by atoms with E-state index in [4.69, 9.17) is 4.42 Å². The predicted molar refractivity (Wildman–Crippen MR) is 239 cm³/mol. The molecule has 0 fully saturated rings. The van der Waals surface area contributed by atoms with Gasteiger partial charge in [-0.2, -0.15) is 0 Å². The van der Waals surface area contributed by atoms with Crippen molar-refractivity contribution in [3.63, 3.8) is 0 Å². The van der Waals surface area contributed by atoms with E-state index in [0.29, 0.717) is 0 Å². The molecule has 260 valence electrons. The van der Waals surface area contributed by atoms with Crippen molar-refractivity contribution in [1.82, 2.24) is 4.40 Å². The van der Waals surface area contributed by atoms with E-state index in [2.05, 4.69) is 191 Å². The van der Waals surface area contributed by atoms with Gasteiger partial charge in [0.05, 0.1) is 22.2 Å². The summed E-state index contributed by atoms with van der Waals surface area (Å²) in [6, 6.07) is 66.5. The van der Waals surface area contributed by atoms with E-state index in [1.807, 2.05) is 11.3 Å². The van der Waals surface area contributed by atoms with Crippen LogP contribution in [0.15, 0.2) is 186 Å². The first-order valence-electron chi connectivity index (χ1n) is 19.1. The van der Waals surface area contributed by atoms with Gasteiger partial charge in [-0.3, -0.25) is 0 Å². The molecule has 0 aliphatic rings. The van der Waals surface area contributed by atoms with E-state index in [0.717, 1.165) is 33.6 Å². The van der Waals surface area contributed by atoms with E-state index < -0.39 is 0 Å². The van der Waals surface area contributed by atoms with Crippen LogP contribution in [0.25, 0.3) is 102 Å². The predicted octanol–water partition coefficient (Wildman–Crippen LogP) is 15.4. The third-order valence-electron chi connectivity index (χ3n) is 11.9. The number of hydrogen-bond acceptors (Lipinski definition) is 3. The van der Waals surface area contributed by atoms with E-state index in [9.17, 15) is 0 Å². The normalized spacial score (nSPS) is 12.3. The fourth-order valence-electron chi connectivity index (χ4n) is 9.52. The Kier molecular flexibility index (Phi) is 6.04. The molecule has 0 spiro atoms. The summed E-state index contributed by atoms with van der Waals surface area (Å²) in [5.74, 6) is 0. The molecular weight excluding hydrogens is 701 g/mol. The number of anilines is 3. The van der Waals surface area contributed by atoms with E-state index in [-0.39, 0.29) is 0 Å². The Morgan fingerprint density at radius 3 is 1.98 bits per heavy atom. The Bertz CT molecular complexity index is 3700. The maximum Gasteiger partial charge on any atom is 0.136 e. The largest absolute Gasteiger partial charge is 0.456 e. The Morgan fingerprint density at radius 2 is 1.09 bits per heavy atom. The molecule has 0 aliphatic carbocycles. The van der Waals surface area contributed by atoms with Gasteiger partial charge in [0, 0.05) is 63.9 Å². The highest BCUT2D eigenvalue weighted by molar-refractivity contribution is 7.25. The van der Waals surface area contributed by atoms with Crippen LogP contribution in [0.4, 0.5) is 17.1 Å². The van der Waals surface area contributed by atoms with E-state index in [1.54, 1.807) is 0 Å². The maximum absolute atomic E-state index is 6.57. The SMILES string of the molecule is c1ccc(-c2ccc(N(c3ccc4sc5ccccc5c4c3)c3ccc4c5cc6oc7ccccc7c6c6cccc(c56)n5c6ccccc6c3c45)cc2)cc1. The van der Waals surface area contributed by atoms with Crippen molar-refractivity contribution < 1.29 is 4.42 Å². The average Bonchev–Trinajstić information content (AvgIpc) is 3.94. The van der Waals surface area contributed by atoms with Gasteiger partial charge in [0.15, 0.2) is 0 Å². The minimum absolute atomic E-state index is 0.917. The second-order valence-electron chi connectivity index (χ2n) is 14.8. The van der Waals surface area contributed by atoms with Gasteiger partial charge < -0.3 is 13.7 Å². The molecule has 4 heteroatoms. The summed E-state index contributed by atoms with van der Waals surface area (Å²) in [5, 5.41) is 12.3. The Balaban J connectivity index is 1.15. The first-order valence-corrected chi connectivity index (χ1v) is 19.9. The van der Waals surface area contributed by atoms with Gasteiger partial charge in [-0.25, -0.2) is 0 Å². The smallest absolute Gasteiger partial charge is 0.136 e. The lowest BCUT2D eigenvalue weighted by Crippen LogP contribution is -2.10. The summed E-state index contributed by atoms with van der Waals surface area (Å²) >= 11 is 1.86. The highest BCUT2D eigenvalue weighted by Gasteiger charge is 2.25. The molecule has 0 amide bonds. The van der Waals surface area contributed by atoms with Crippen LogP contribution in [0, 0.1) is 0 Å². The highest BCUT2D eigenvalue weighted by Crippen LogP contribution is 2.50. The van der Waals surface area contributed by atoms with Crippen molar-refractivity contribution in [1.29, 1.82) is 0 Å². The number of hydrogen-bond donors (Lipinski definition) is 0. The monoisotopic (exact) mass is 730 g/mol. The van der Waals surface area contributed by atoms with Crippen molar-refractivity contribution in [3.8, 4) is 11.1 Å². The van der Waals surface area contributed by atoms with Crippen molar-refractivity contribution in [2.45, 2.75) is 0 Å². The number of fused-ring (bicyclic) bond motifs is 12. The second kappa shape index (κ2) is 11.2. The second-order valence-corrected chi connectivity index (χ2v) is 15.9. The third kappa shape index (κ3) is 4.06. The minimum atomic E-state index is 0.917. The lowest BCUT2D eigenvalue weighted by atomic mass is 9.95. The summed E-state index contributed by atoms with van der Waals surface area (Å²) in [4.78, 5) is 2.47. The molecule has 3 nitrogen and oxygen atoms in total. The van der Waals surface area contributed by atoms with Crippen molar-refractivity contribution in [3.05, 3.63) is 182 Å². The number of pyridine rings is 1. The zero-order valence-electron chi connectivity index (χ0n) is 30.0. The molecule has 0 aliphatic heterocycles. The van der Waals surface area contributed by atoms with Crippen LogP contribution in [0.1, 0.15) is 0 Å². The van der Waals surface area contributed by atoms with Gasteiger partial charge in [-0.1, -0.05) is 115 Å². The number of aromatic nitrogens is 1. The van der Waals surface area contributed by atoms with Gasteiger partial charge in [-0.05, 0) is 88.6 Å². The zero-order valence-corrected chi connectivity index (χ0v) is 30.8. The van der Waals surface area contributed by atoms with Gasteiger partial charge in [0.2, 0.25) is 0 Å². The summed E-state index contributed by atoms with van der Waals surface area (Å²) in [5.41, 5.74) is 11.2. The molecule has 0 unspecified atom stereocenters. The lowest BCUT2D eigenvalue weighted by Gasteiger charge is -2.27. The maximum atomic E-state index is 6.57. The summed E-state index contributed by atoms with van der Waals surface area (Å²) in [6.45, 7) is 0. The first kappa shape index (κ1) is 30.2. The molecule has 0 N–H and O–H groups in total. The molecule has 4 aromatic heterocycles. The molecule has 4 heterocycles. The highest BCUT2D eigenvalue weighted by atomic mass is 32.1. The summed E-state index contributed by atoms with van der Waals surface area (Å²) in [7, 11) is 0. The number of para-hydroxylation sites is 2. The fraction of sp³-hybridized carbons (Fsp3) is 0. The van der Waals surface area contributed by atoms with Crippen LogP contribution >= 0.6 is 11.3 Å². The molecule has 0 bridgehead atoms. The molecule has 0 atom stereocenters. The molecular formula is C52H30N2OS. The summed E-state index contributed by atoms with van der Waals surface area (Å²) < 4.78 is 11.7. The number of nitrogens with zero attached hydrogens (tertiary/aromatic N) is 2. The number of rotatable bonds is 4. The Morgan fingerprint density at radius 1 is 0.393 bits per heavy atom. The van der Waals surface area contributed by atoms with Gasteiger partial charge in [-0.15, -0.1) is 11.3 Å². The quantitative estimate of drug-likeness (QED) is 0.133. The molecule has 9 aromatic carbocycles. The van der Waals surface area contributed by atoms with E-state index in [1.165, 1.54) is 85.6 Å². The standard InChI is InChI=1S/C52H30N2OS/c1-2-11-31(12-3-1)32-21-23-33(24-22-32)53(34-25-28-48-40(29-34)35-13-6-9-20-47(35)56-48)44-27-26-36-41-30-46-50(38-15-5-8-19-45(38)55-46)39-16-10-18-43(49(39)41)54-42-17-7-4-14-37(42)51(44)52(36)54/h1-30H. The van der Waals surface area contributed by atoms with Crippen LogP contribution in [-0.2, 0) is 0 Å². The van der Waals surface area contributed by atoms with Crippen LogP contribution in [-0.4, -0.2) is 4.40 Å². The zero-order chi connectivity index (χ0) is 36.5. The topological polar surface area (TPSA) is 20.8 Å². The average molecular weight is 731 g/mol. The fourth-order valence-corrected chi connectivity index (χ4v) is 10.6.